The van der Waals surface area contributed by atoms with Gasteiger partial charge in [-0.25, -0.2) is 0 Å². The van der Waals surface area contributed by atoms with E-state index in [1.165, 1.54) is 5.57 Å². The first-order valence-electron chi connectivity index (χ1n) is 5.48. The van der Waals surface area contributed by atoms with Gasteiger partial charge in [0, 0.05) is 11.2 Å². The molecule has 2 rings (SSSR count). The predicted molar refractivity (Wildman–Crippen MR) is 69.4 cm³/mol. The lowest BCUT2D eigenvalue weighted by Crippen LogP contribution is -2.38. The quantitative estimate of drug-likeness (QED) is 0.748. The van der Waals surface area contributed by atoms with Crippen LogP contribution >= 0.6 is 11.8 Å². The van der Waals surface area contributed by atoms with Crippen molar-refractivity contribution in [2.45, 2.75) is 18.2 Å². The van der Waals surface area contributed by atoms with Crippen molar-refractivity contribution < 1.29 is 4.79 Å². The smallest absolute Gasteiger partial charge is 0.151 e. The van der Waals surface area contributed by atoms with Gasteiger partial charge in [0.05, 0.1) is 6.04 Å². The zero-order valence-corrected chi connectivity index (χ0v) is 10.7. The first-order chi connectivity index (χ1) is 7.61. The van der Waals surface area contributed by atoms with Crippen LogP contribution < -0.4 is 0 Å². The summed E-state index contributed by atoms with van der Waals surface area (Å²) in [6, 6.07) is -0.0707. The lowest BCUT2D eigenvalue weighted by atomic mass is 9.87. The van der Waals surface area contributed by atoms with E-state index in [0.29, 0.717) is 11.2 Å². The van der Waals surface area contributed by atoms with E-state index in [9.17, 15) is 4.79 Å². The highest BCUT2D eigenvalue weighted by Crippen LogP contribution is 2.41. The van der Waals surface area contributed by atoms with Gasteiger partial charge in [-0.15, -0.1) is 11.8 Å². The van der Waals surface area contributed by atoms with Crippen LogP contribution in [0, 0.1) is 5.92 Å². The molecule has 16 heavy (non-hydrogen) atoms. The molecule has 1 aliphatic carbocycles. The van der Waals surface area contributed by atoms with Crippen molar-refractivity contribution in [1.29, 1.82) is 0 Å². The SMILES string of the molecule is CC(=O)C(C1=CSC2C=CC=CC12)N(C)C. The molecule has 0 aromatic heterocycles. The van der Waals surface area contributed by atoms with Crippen molar-refractivity contribution in [1.82, 2.24) is 4.90 Å². The Hall–Kier alpha value is -0.800. The average molecular weight is 235 g/mol. The number of likely N-dealkylation sites (N-methyl/N-ethyl adjacent to an activating group) is 1. The molecule has 0 radical (unpaired) electrons. The van der Waals surface area contributed by atoms with Crippen molar-refractivity contribution in [2.75, 3.05) is 14.1 Å². The van der Waals surface area contributed by atoms with Crippen LogP contribution in [0.15, 0.2) is 35.3 Å². The number of hydrogen-bond acceptors (Lipinski definition) is 3. The fourth-order valence-electron chi connectivity index (χ4n) is 2.40. The summed E-state index contributed by atoms with van der Waals surface area (Å²) in [5.41, 5.74) is 1.24. The number of hydrogen-bond donors (Lipinski definition) is 0. The van der Waals surface area contributed by atoms with Gasteiger partial charge in [0.25, 0.3) is 0 Å². The minimum absolute atomic E-state index is 0.0707. The van der Waals surface area contributed by atoms with Crippen LogP contribution in [0.1, 0.15) is 6.92 Å². The summed E-state index contributed by atoms with van der Waals surface area (Å²) in [6.45, 7) is 1.67. The monoisotopic (exact) mass is 235 g/mol. The van der Waals surface area contributed by atoms with Gasteiger partial charge in [-0.1, -0.05) is 24.3 Å². The van der Waals surface area contributed by atoms with E-state index in [2.05, 4.69) is 29.7 Å². The van der Waals surface area contributed by atoms with Gasteiger partial charge in [0.1, 0.15) is 0 Å². The number of Topliss-reactive ketones (excluding diaryl/α,β-unsaturated/α-hetero) is 1. The lowest BCUT2D eigenvalue weighted by molar-refractivity contribution is -0.120. The molecule has 0 saturated heterocycles. The van der Waals surface area contributed by atoms with Gasteiger partial charge in [0.2, 0.25) is 0 Å². The topological polar surface area (TPSA) is 20.3 Å². The highest BCUT2D eigenvalue weighted by Gasteiger charge is 2.35. The Balaban J connectivity index is 2.24. The van der Waals surface area contributed by atoms with E-state index in [4.69, 9.17) is 0 Å². The maximum Gasteiger partial charge on any atom is 0.151 e. The Kier molecular flexibility index (Phi) is 3.36. The molecule has 0 aromatic carbocycles. The van der Waals surface area contributed by atoms with E-state index in [1.807, 2.05) is 30.8 Å². The summed E-state index contributed by atoms with van der Waals surface area (Å²) in [7, 11) is 3.93. The van der Waals surface area contributed by atoms with Gasteiger partial charge in [0.15, 0.2) is 5.78 Å². The summed E-state index contributed by atoms with van der Waals surface area (Å²) in [5.74, 6) is 0.617. The number of rotatable bonds is 3. The standard InChI is InChI=1S/C13H17NOS/c1-9(15)13(14(2)3)11-8-16-12-7-5-4-6-10(11)12/h4-8,10,12-13H,1-3H3. The van der Waals surface area contributed by atoms with Crippen LogP contribution in [0.3, 0.4) is 0 Å². The molecule has 86 valence electrons. The molecule has 1 aliphatic heterocycles. The van der Waals surface area contributed by atoms with Gasteiger partial charge in [-0.3, -0.25) is 9.69 Å². The summed E-state index contributed by atoms with van der Waals surface area (Å²) < 4.78 is 0. The third kappa shape index (κ3) is 2.02. The lowest BCUT2D eigenvalue weighted by Gasteiger charge is -2.28. The third-order valence-corrected chi connectivity index (χ3v) is 4.22. The van der Waals surface area contributed by atoms with Crippen LogP contribution in [-0.4, -0.2) is 36.1 Å². The molecule has 2 nitrogen and oxygen atoms in total. The number of allylic oxidation sites excluding steroid dienone is 3. The van der Waals surface area contributed by atoms with Crippen LogP contribution in [-0.2, 0) is 4.79 Å². The van der Waals surface area contributed by atoms with Crippen molar-refractivity contribution in [2.24, 2.45) is 5.92 Å². The summed E-state index contributed by atoms with van der Waals surface area (Å²) in [4.78, 5) is 13.7. The molecule has 3 unspecified atom stereocenters. The Bertz CT molecular complexity index is 381. The van der Waals surface area contributed by atoms with Crippen molar-refractivity contribution in [3.8, 4) is 0 Å². The molecule has 0 bridgehead atoms. The second-order valence-electron chi connectivity index (χ2n) is 4.49. The summed E-state index contributed by atoms with van der Waals surface area (Å²) in [6.07, 6.45) is 8.58. The zero-order valence-electron chi connectivity index (χ0n) is 9.88. The molecule has 1 heterocycles. The molecular weight excluding hydrogens is 218 g/mol. The Morgan fingerprint density at radius 1 is 1.38 bits per heavy atom. The Labute approximate surface area is 101 Å². The molecule has 0 amide bonds. The number of ketones is 1. The van der Waals surface area contributed by atoms with E-state index in [-0.39, 0.29) is 11.8 Å². The fourth-order valence-corrected chi connectivity index (χ4v) is 3.60. The minimum Gasteiger partial charge on any atom is -0.298 e. The second kappa shape index (κ2) is 4.60. The average Bonchev–Trinajstić information content (AvgIpc) is 2.61. The zero-order chi connectivity index (χ0) is 11.7. The van der Waals surface area contributed by atoms with Crippen molar-refractivity contribution in [3.63, 3.8) is 0 Å². The van der Waals surface area contributed by atoms with Crippen LogP contribution in [0.4, 0.5) is 0 Å². The summed E-state index contributed by atoms with van der Waals surface area (Å²) >= 11 is 1.82. The Morgan fingerprint density at radius 3 is 2.69 bits per heavy atom. The molecule has 0 spiro atoms. The van der Waals surface area contributed by atoms with E-state index in [1.54, 1.807) is 6.92 Å². The second-order valence-corrected chi connectivity index (χ2v) is 5.54. The number of nitrogens with zero attached hydrogens (tertiary/aromatic N) is 1. The highest BCUT2D eigenvalue weighted by molar-refractivity contribution is 8.03. The van der Waals surface area contributed by atoms with E-state index < -0.39 is 0 Å². The van der Waals surface area contributed by atoms with E-state index in [0.717, 1.165) is 0 Å². The number of carbonyl (C=O) groups is 1. The normalized spacial score (nSPS) is 29.1. The maximum absolute atomic E-state index is 11.7. The summed E-state index contributed by atoms with van der Waals surface area (Å²) in [5, 5.41) is 2.66. The van der Waals surface area contributed by atoms with Crippen molar-refractivity contribution >= 4 is 17.5 Å². The highest BCUT2D eigenvalue weighted by atomic mass is 32.2. The molecular formula is C13H17NOS. The first kappa shape index (κ1) is 11.7. The van der Waals surface area contributed by atoms with E-state index >= 15 is 0 Å². The molecule has 0 aromatic rings. The molecule has 3 atom stereocenters. The molecule has 0 N–H and O–H groups in total. The van der Waals surface area contributed by atoms with Gasteiger partial charge >= 0.3 is 0 Å². The largest absolute Gasteiger partial charge is 0.298 e. The van der Waals surface area contributed by atoms with Crippen LogP contribution in [0.2, 0.25) is 0 Å². The number of thioether (sulfide) groups is 1. The minimum atomic E-state index is -0.0707. The predicted octanol–water partition coefficient (Wildman–Crippen LogP) is 2.25. The molecule has 0 saturated carbocycles. The maximum atomic E-state index is 11.7. The van der Waals surface area contributed by atoms with Crippen LogP contribution in [0.25, 0.3) is 0 Å². The number of carbonyl (C=O) groups excluding carboxylic acids is 1. The first-order valence-corrected chi connectivity index (χ1v) is 6.43. The Morgan fingerprint density at radius 2 is 2.06 bits per heavy atom. The molecule has 2 aliphatic rings. The molecule has 0 fully saturated rings. The number of fused-ring (bicyclic) bond motifs is 1. The third-order valence-electron chi connectivity index (χ3n) is 3.05. The molecule has 3 heteroatoms. The van der Waals surface area contributed by atoms with Crippen LogP contribution in [0.5, 0.6) is 0 Å². The van der Waals surface area contributed by atoms with Gasteiger partial charge in [-0.2, -0.15) is 0 Å². The van der Waals surface area contributed by atoms with Gasteiger partial charge in [-0.05, 0) is 32.0 Å². The van der Waals surface area contributed by atoms with Crippen molar-refractivity contribution in [3.05, 3.63) is 35.3 Å². The fraction of sp³-hybridized carbons (Fsp3) is 0.462. The van der Waals surface area contributed by atoms with Gasteiger partial charge < -0.3 is 0 Å².